The van der Waals surface area contributed by atoms with Gasteiger partial charge in [0.2, 0.25) is 5.82 Å². The fourth-order valence-electron chi connectivity index (χ4n) is 2.62. The van der Waals surface area contributed by atoms with Gasteiger partial charge in [0.25, 0.3) is 5.56 Å². The lowest BCUT2D eigenvalue weighted by atomic mass is 10.2. The summed E-state index contributed by atoms with van der Waals surface area (Å²) in [6.07, 6.45) is 3.15. The Bertz CT molecular complexity index is 1180. The van der Waals surface area contributed by atoms with Crippen LogP contribution in [-0.2, 0) is 6.54 Å². The minimum absolute atomic E-state index is 0.221. The molecule has 0 saturated heterocycles. The Morgan fingerprint density at radius 3 is 2.81 bits per heavy atom. The summed E-state index contributed by atoms with van der Waals surface area (Å²) >= 11 is 11.9. The van der Waals surface area contributed by atoms with Gasteiger partial charge in [-0.25, -0.2) is 4.98 Å². The summed E-state index contributed by atoms with van der Waals surface area (Å²) in [4.78, 5) is 18.4. The predicted molar refractivity (Wildman–Crippen MR) is 98.6 cm³/mol. The predicted octanol–water partition coefficient (Wildman–Crippen LogP) is 3.01. The van der Waals surface area contributed by atoms with E-state index in [1.54, 1.807) is 24.4 Å². The Labute approximate surface area is 157 Å². The molecular weight excluding hydrogens is 375 g/mol. The molecule has 130 valence electrons. The molecule has 0 aliphatic heterocycles. The molecule has 1 aromatic carbocycles. The molecule has 3 aromatic heterocycles. The zero-order chi connectivity index (χ0) is 18.3. The van der Waals surface area contributed by atoms with Gasteiger partial charge < -0.3 is 0 Å². The van der Waals surface area contributed by atoms with Crippen molar-refractivity contribution >= 4 is 28.8 Å². The minimum atomic E-state index is -0.243. The molecule has 0 N–H and O–H groups in total. The normalized spacial score (nSPS) is 11.2. The van der Waals surface area contributed by atoms with Crippen LogP contribution in [-0.4, -0.2) is 29.6 Å². The summed E-state index contributed by atoms with van der Waals surface area (Å²) < 4.78 is 1.48. The second kappa shape index (κ2) is 6.51. The van der Waals surface area contributed by atoms with Gasteiger partial charge in [-0.2, -0.15) is 4.80 Å². The van der Waals surface area contributed by atoms with E-state index in [4.69, 9.17) is 23.2 Å². The van der Waals surface area contributed by atoms with Crippen molar-refractivity contribution in [2.24, 2.45) is 0 Å². The molecule has 4 rings (SSSR count). The molecule has 3 heterocycles. The number of benzene rings is 1. The highest BCUT2D eigenvalue weighted by molar-refractivity contribution is 6.42. The van der Waals surface area contributed by atoms with E-state index in [-0.39, 0.29) is 16.9 Å². The molecule has 0 atom stereocenters. The molecule has 0 aliphatic rings. The molecule has 4 aromatic rings. The Morgan fingerprint density at radius 1 is 1.15 bits per heavy atom. The van der Waals surface area contributed by atoms with Crippen molar-refractivity contribution in [3.8, 4) is 11.4 Å². The number of rotatable bonds is 3. The number of aromatic nitrogens is 6. The first-order valence-corrected chi connectivity index (χ1v) is 8.47. The zero-order valence-corrected chi connectivity index (χ0v) is 15.1. The molecule has 0 fully saturated rings. The average Bonchev–Trinajstić information content (AvgIpc) is 3.07. The maximum Gasteiger partial charge on any atom is 0.269 e. The fourth-order valence-corrected chi connectivity index (χ4v) is 2.94. The molecule has 0 radical (unpaired) electrons. The summed E-state index contributed by atoms with van der Waals surface area (Å²) in [5.41, 5.74) is 2.42. The maximum absolute atomic E-state index is 12.7. The third-order valence-electron chi connectivity index (χ3n) is 3.93. The minimum Gasteiger partial charge on any atom is -0.268 e. The van der Waals surface area contributed by atoms with Crippen molar-refractivity contribution < 1.29 is 0 Å². The van der Waals surface area contributed by atoms with E-state index in [0.29, 0.717) is 22.2 Å². The number of tetrazole rings is 1. The first kappa shape index (κ1) is 16.7. The number of hydrogen-bond donors (Lipinski definition) is 0. The van der Waals surface area contributed by atoms with Crippen LogP contribution in [0.25, 0.3) is 17.0 Å². The van der Waals surface area contributed by atoms with Crippen LogP contribution in [0.15, 0.2) is 47.5 Å². The van der Waals surface area contributed by atoms with Gasteiger partial charge in [-0.1, -0.05) is 35.3 Å². The summed E-state index contributed by atoms with van der Waals surface area (Å²) in [6, 6.07) is 8.96. The summed E-state index contributed by atoms with van der Waals surface area (Å²) in [5, 5.41) is 13.2. The number of pyridine rings is 1. The van der Waals surface area contributed by atoms with E-state index in [1.807, 2.05) is 19.1 Å². The molecule has 0 spiro atoms. The van der Waals surface area contributed by atoms with Gasteiger partial charge in [0.05, 0.1) is 16.6 Å². The number of hydrogen-bond acceptors (Lipinski definition) is 5. The van der Waals surface area contributed by atoms with Crippen LogP contribution in [0.3, 0.4) is 0 Å². The standard InChI is InChI=1S/C17H12Cl2N6O/c1-10-3-2-6-24-16(10)20-8-12(17(24)26)15-21-23-25(22-15)9-11-4-5-13(18)14(19)7-11/h2-8H,9H2,1H3. The largest absolute Gasteiger partial charge is 0.269 e. The van der Waals surface area contributed by atoms with Crippen LogP contribution < -0.4 is 5.56 Å². The van der Waals surface area contributed by atoms with Crippen LogP contribution in [0.2, 0.25) is 10.0 Å². The lowest BCUT2D eigenvalue weighted by molar-refractivity contribution is 0.573. The Balaban J connectivity index is 1.70. The monoisotopic (exact) mass is 386 g/mol. The first-order chi connectivity index (χ1) is 12.5. The molecule has 7 nitrogen and oxygen atoms in total. The van der Waals surface area contributed by atoms with Gasteiger partial charge in [-0.05, 0) is 41.5 Å². The van der Waals surface area contributed by atoms with Gasteiger partial charge in [-0.3, -0.25) is 9.20 Å². The molecule has 9 heteroatoms. The number of aryl methyl sites for hydroxylation is 1. The molecular formula is C17H12Cl2N6O. The summed E-state index contributed by atoms with van der Waals surface area (Å²) in [6.45, 7) is 2.25. The third-order valence-corrected chi connectivity index (χ3v) is 4.67. The van der Waals surface area contributed by atoms with Crippen molar-refractivity contribution in [3.05, 3.63) is 74.3 Å². The van der Waals surface area contributed by atoms with E-state index in [1.165, 1.54) is 15.4 Å². The highest BCUT2D eigenvalue weighted by atomic mass is 35.5. The lowest BCUT2D eigenvalue weighted by Gasteiger charge is -2.03. The van der Waals surface area contributed by atoms with Crippen LogP contribution in [0, 0.1) is 6.92 Å². The second-order valence-electron chi connectivity index (χ2n) is 5.75. The van der Waals surface area contributed by atoms with Crippen molar-refractivity contribution in [3.63, 3.8) is 0 Å². The molecule has 0 aliphatic carbocycles. The van der Waals surface area contributed by atoms with Gasteiger partial charge in [0.1, 0.15) is 11.2 Å². The molecule has 0 bridgehead atoms. The first-order valence-electron chi connectivity index (χ1n) is 7.72. The van der Waals surface area contributed by atoms with Crippen LogP contribution >= 0.6 is 23.2 Å². The van der Waals surface area contributed by atoms with Crippen molar-refractivity contribution in [2.45, 2.75) is 13.5 Å². The Kier molecular flexibility index (Phi) is 4.18. The highest BCUT2D eigenvalue weighted by Gasteiger charge is 2.14. The third kappa shape index (κ3) is 2.95. The number of fused-ring (bicyclic) bond motifs is 1. The topological polar surface area (TPSA) is 78.0 Å². The van der Waals surface area contributed by atoms with Crippen molar-refractivity contribution in [2.75, 3.05) is 0 Å². The van der Waals surface area contributed by atoms with Gasteiger partial charge >= 0.3 is 0 Å². The second-order valence-corrected chi connectivity index (χ2v) is 6.57. The lowest BCUT2D eigenvalue weighted by Crippen LogP contribution is -2.17. The van der Waals surface area contributed by atoms with Gasteiger partial charge in [0.15, 0.2) is 0 Å². The summed E-state index contributed by atoms with van der Waals surface area (Å²) in [7, 11) is 0. The SMILES string of the molecule is Cc1cccn2c(=O)c(-c3nnn(Cc4ccc(Cl)c(Cl)c4)n3)cnc12. The van der Waals surface area contributed by atoms with E-state index in [2.05, 4.69) is 20.4 Å². The molecule has 0 saturated carbocycles. The molecule has 0 amide bonds. The Morgan fingerprint density at radius 2 is 2.00 bits per heavy atom. The van der Waals surface area contributed by atoms with Crippen molar-refractivity contribution in [1.29, 1.82) is 0 Å². The zero-order valence-electron chi connectivity index (χ0n) is 13.6. The van der Waals surface area contributed by atoms with Gasteiger partial charge in [0, 0.05) is 12.4 Å². The van der Waals surface area contributed by atoms with E-state index in [9.17, 15) is 4.79 Å². The number of nitrogens with zero attached hydrogens (tertiary/aromatic N) is 6. The smallest absolute Gasteiger partial charge is 0.268 e. The molecule has 26 heavy (non-hydrogen) atoms. The van der Waals surface area contributed by atoms with E-state index < -0.39 is 0 Å². The van der Waals surface area contributed by atoms with E-state index >= 15 is 0 Å². The maximum atomic E-state index is 12.7. The quantitative estimate of drug-likeness (QED) is 0.540. The number of halogens is 2. The highest BCUT2D eigenvalue weighted by Crippen LogP contribution is 2.22. The summed E-state index contributed by atoms with van der Waals surface area (Å²) in [5.74, 6) is 0.221. The molecule has 0 unspecified atom stereocenters. The average molecular weight is 387 g/mol. The van der Waals surface area contributed by atoms with Gasteiger partial charge in [-0.15, -0.1) is 10.2 Å². The van der Waals surface area contributed by atoms with Crippen LogP contribution in [0.5, 0.6) is 0 Å². The van der Waals surface area contributed by atoms with Crippen LogP contribution in [0.4, 0.5) is 0 Å². The van der Waals surface area contributed by atoms with Crippen molar-refractivity contribution in [1.82, 2.24) is 29.6 Å². The Hall–Kier alpha value is -2.77. The van der Waals surface area contributed by atoms with Crippen LogP contribution in [0.1, 0.15) is 11.1 Å². The van der Waals surface area contributed by atoms with E-state index in [0.717, 1.165) is 11.1 Å². The fraction of sp³-hybridized carbons (Fsp3) is 0.118.